The van der Waals surface area contributed by atoms with Crippen molar-refractivity contribution in [2.45, 2.75) is 32.2 Å². The van der Waals surface area contributed by atoms with E-state index in [9.17, 15) is 0 Å². The van der Waals surface area contributed by atoms with Crippen molar-refractivity contribution in [2.24, 2.45) is 0 Å². The number of imidazole rings is 1. The molecule has 0 amide bonds. The molecular weight excluding hydrogens is 298 g/mol. The first-order valence-corrected chi connectivity index (χ1v) is 8.57. The number of benzene rings is 1. The Labute approximate surface area is 141 Å². The van der Waals surface area contributed by atoms with Crippen LogP contribution in [0.4, 0.5) is 5.82 Å². The van der Waals surface area contributed by atoms with Gasteiger partial charge in [0, 0.05) is 24.2 Å². The fourth-order valence-electron chi connectivity index (χ4n) is 3.58. The Balaban J connectivity index is 1.44. The summed E-state index contributed by atoms with van der Waals surface area (Å²) in [5.74, 6) is 2.30. The molecule has 3 aromatic rings. The molecule has 0 atom stereocenters. The minimum atomic E-state index is 0.513. The number of pyridine rings is 1. The molecule has 4 rings (SSSR count). The fourth-order valence-corrected chi connectivity index (χ4v) is 3.58. The van der Waals surface area contributed by atoms with Crippen LogP contribution in [0.2, 0.25) is 0 Å². The van der Waals surface area contributed by atoms with Crippen molar-refractivity contribution in [1.82, 2.24) is 19.9 Å². The minimum Gasteiger partial charge on any atom is -0.383 e. The van der Waals surface area contributed by atoms with Crippen LogP contribution >= 0.6 is 0 Å². The number of fused-ring (bicyclic) bond motifs is 1. The highest BCUT2D eigenvalue weighted by molar-refractivity contribution is 5.78. The Morgan fingerprint density at radius 2 is 2.04 bits per heavy atom. The van der Waals surface area contributed by atoms with Gasteiger partial charge < -0.3 is 10.7 Å². The molecule has 5 nitrogen and oxygen atoms in total. The summed E-state index contributed by atoms with van der Waals surface area (Å²) in [6.45, 7) is 5.13. The third-order valence-corrected chi connectivity index (χ3v) is 5.03. The van der Waals surface area contributed by atoms with E-state index < -0.39 is 0 Å². The summed E-state index contributed by atoms with van der Waals surface area (Å²) >= 11 is 0. The van der Waals surface area contributed by atoms with Gasteiger partial charge in [0.05, 0.1) is 11.0 Å². The van der Waals surface area contributed by atoms with E-state index in [0.29, 0.717) is 11.7 Å². The summed E-state index contributed by atoms with van der Waals surface area (Å²) in [5.41, 5.74) is 10.6. The van der Waals surface area contributed by atoms with E-state index in [2.05, 4.69) is 46.1 Å². The van der Waals surface area contributed by atoms with Gasteiger partial charge in [-0.15, -0.1) is 0 Å². The van der Waals surface area contributed by atoms with Crippen LogP contribution in [0, 0.1) is 6.92 Å². The van der Waals surface area contributed by atoms with Crippen molar-refractivity contribution in [3.05, 3.63) is 53.5 Å². The maximum atomic E-state index is 5.96. The highest BCUT2D eigenvalue weighted by Crippen LogP contribution is 2.29. The van der Waals surface area contributed by atoms with Crippen molar-refractivity contribution in [3.8, 4) is 0 Å². The number of para-hydroxylation sites is 1. The third-order valence-electron chi connectivity index (χ3n) is 5.03. The van der Waals surface area contributed by atoms with Crippen molar-refractivity contribution in [1.29, 1.82) is 0 Å². The van der Waals surface area contributed by atoms with E-state index in [1.807, 2.05) is 6.07 Å². The second-order valence-electron chi connectivity index (χ2n) is 6.69. The number of nitrogens with zero attached hydrogens (tertiary/aromatic N) is 3. The second kappa shape index (κ2) is 6.24. The average molecular weight is 321 g/mol. The van der Waals surface area contributed by atoms with E-state index in [0.717, 1.165) is 54.9 Å². The van der Waals surface area contributed by atoms with Crippen LogP contribution in [0.5, 0.6) is 0 Å². The lowest BCUT2D eigenvalue weighted by atomic mass is 9.96. The number of nitrogens with two attached hydrogens (primary N) is 1. The van der Waals surface area contributed by atoms with Crippen LogP contribution in [0.1, 0.15) is 35.7 Å². The zero-order valence-electron chi connectivity index (χ0n) is 14.0. The Morgan fingerprint density at radius 1 is 1.21 bits per heavy atom. The maximum absolute atomic E-state index is 5.96. The van der Waals surface area contributed by atoms with Gasteiger partial charge in [-0.1, -0.05) is 18.2 Å². The second-order valence-corrected chi connectivity index (χ2v) is 6.69. The standard InChI is InChI=1S/C19H23N5/c1-13-4-2-6-16-17(13)23-19(22-16)14-7-10-24(11-8-14)12-15-5-3-9-21-18(15)20/h2-6,9,14H,7-8,10-12H2,1H3,(H2,20,21)(H,22,23). The van der Waals surface area contributed by atoms with Crippen molar-refractivity contribution >= 4 is 16.9 Å². The lowest BCUT2D eigenvalue weighted by Crippen LogP contribution is -2.33. The molecule has 1 aliphatic rings. The molecule has 24 heavy (non-hydrogen) atoms. The predicted octanol–water partition coefficient (Wildman–Crippen LogP) is 3.23. The molecule has 1 fully saturated rings. The Morgan fingerprint density at radius 3 is 2.79 bits per heavy atom. The predicted molar refractivity (Wildman–Crippen MR) is 96.7 cm³/mol. The maximum Gasteiger partial charge on any atom is 0.127 e. The number of piperidine rings is 1. The number of aromatic amines is 1. The van der Waals surface area contributed by atoms with Gasteiger partial charge in [-0.2, -0.15) is 0 Å². The summed E-state index contributed by atoms with van der Waals surface area (Å²) in [7, 11) is 0. The average Bonchev–Trinajstić information content (AvgIpc) is 3.03. The van der Waals surface area contributed by atoms with Crippen molar-refractivity contribution in [3.63, 3.8) is 0 Å². The van der Waals surface area contributed by atoms with Crippen LogP contribution in [-0.2, 0) is 6.54 Å². The Bertz CT molecular complexity index is 846. The molecule has 0 spiro atoms. The number of nitrogen functional groups attached to an aromatic ring is 1. The molecule has 0 radical (unpaired) electrons. The van der Waals surface area contributed by atoms with Gasteiger partial charge in [-0.25, -0.2) is 9.97 Å². The highest BCUT2D eigenvalue weighted by Gasteiger charge is 2.23. The van der Waals surface area contributed by atoms with Crippen LogP contribution in [0.15, 0.2) is 36.5 Å². The van der Waals surface area contributed by atoms with Gasteiger partial charge in [0.1, 0.15) is 11.6 Å². The largest absolute Gasteiger partial charge is 0.383 e. The molecule has 1 aromatic carbocycles. The van der Waals surface area contributed by atoms with E-state index in [1.165, 1.54) is 5.56 Å². The first-order valence-electron chi connectivity index (χ1n) is 8.57. The van der Waals surface area contributed by atoms with Crippen molar-refractivity contribution < 1.29 is 0 Å². The molecule has 0 unspecified atom stereocenters. The number of H-pyrrole nitrogens is 1. The summed E-state index contributed by atoms with van der Waals surface area (Å²) in [4.78, 5) is 15.0. The van der Waals surface area contributed by atoms with Gasteiger partial charge >= 0.3 is 0 Å². The molecule has 5 heteroatoms. The Hall–Kier alpha value is -2.40. The number of nitrogens with one attached hydrogen (secondary N) is 1. The summed E-state index contributed by atoms with van der Waals surface area (Å²) in [6, 6.07) is 10.3. The first kappa shape index (κ1) is 15.1. The molecule has 2 aromatic heterocycles. The van der Waals surface area contributed by atoms with Gasteiger partial charge in [0.25, 0.3) is 0 Å². The molecule has 0 bridgehead atoms. The van der Waals surface area contributed by atoms with E-state index in [1.54, 1.807) is 6.20 Å². The number of aromatic nitrogens is 3. The molecule has 1 saturated heterocycles. The molecule has 1 aliphatic heterocycles. The smallest absolute Gasteiger partial charge is 0.127 e. The van der Waals surface area contributed by atoms with Crippen LogP contribution in [0.3, 0.4) is 0 Å². The number of likely N-dealkylation sites (tertiary alicyclic amines) is 1. The molecule has 3 N–H and O–H groups in total. The summed E-state index contributed by atoms with van der Waals surface area (Å²) < 4.78 is 0. The number of aryl methyl sites for hydroxylation is 1. The lowest BCUT2D eigenvalue weighted by molar-refractivity contribution is 0.202. The lowest BCUT2D eigenvalue weighted by Gasteiger charge is -2.31. The molecule has 0 aliphatic carbocycles. The number of hydrogen-bond acceptors (Lipinski definition) is 4. The summed E-state index contributed by atoms with van der Waals surface area (Å²) in [6.07, 6.45) is 3.99. The quantitative estimate of drug-likeness (QED) is 0.777. The van der Waals surface area contributed by atoms with Crippen molar-refractivity contribution in [2.75, 3.05) is 18.8 Å². The monoisotopic (exact) mass is 321 g/mol. The van der Waals surface area contributed by atoms with Gasteiger partial charge in [-0.3, -0.25) is 4.90 Å². The van der Waals surface area contributed by atoms with E-state index >= 15 is 0 Å². The molecule has 0 saturated carbocycles. The van der Waals surface area contributed by atoms with Crippen LogP contribution in [-0.4, -0.2) is 32.9 Å². The summed E-state index contributed by atoms with van der Waals surface area (Å²) in [5, 5.41) is 0. The fraction of sp³-hybridized carbons (Fsp3) is 0.368. The van der Waals surface area contributed by atoms with E-state index in [-0.39, 0.29) is 0 Å². The number of rotatable bonds is 3. The van der Waals surface area contributed by atoms with Crippen LogP contribution in [0.25, 0.3) is 11.0 Å². The molecule has 3 heterocycles. The number of anilines is 1. The normalized spacial score (nSPS) is 16.7. The molecular formula is C19H23N5. The van der Waals surface area contributed by atoms with E-state index in [4.69, 9.17) is 10.7 Å². The number of hydrogen-bond donors (Lipinski definition) is 2. The SMILES string of the molecule is Cc1cccc2[nH]c(C3CCN(Cc4cccnc4N)CC3)nc12. The first-order chi connectivity index (χ1) is 11.7. The highest BCUT2D eigenvalue weighted by atomic mass is 15.1. The zero-order chi connectivity index (χ0) is 16.5. The van der Waals surface area contributed by atoms with Gasteiger partial charge in [0.15, 0.2) is 0 Å². The molecule has 124 valence electrons. The minimum absolute atomic E-state index is 0.513. The third kappa shape index (κ3) is 2.87. The van der Waals surface area contributed by atoms with Gasteiger partial charge in [0.2, 0.25) is 0 Å². The Kier molecular flexibility index (Phi) is 3.94. The topological polar surface area (TPSA) is 70.8 Å². The zero-order valence-corrected chi connectivity index (χ0v) is 14.0. The van der Waals surface area contributed by atoms with Crippen LogP contribution < -0.4 is 5.73 Å². The van der Waals surface area contributed by atoms with Gasteiger partial charge in [-0.05, 0) is 50.6 Å².